The maximum atomic E-state index is 9.88. The van der Waals surface area contributed by atoms with Crippen LogP contribution in [-0.2, 0) is 0 Å². The molecule has 0 amide bonds. The Morgan fingerprint density at radius 1 is 1.25 bits per heavy atom. The maximum Gasteiger partial charge on any atom is 0.152 e. The van der Waals surface area contributed by atoms with Gasteiger partial charge in [0.25, 0.3) is 0 Å². The summed E-state index contributed by atoms with van der Waals surface area (Å²) in [5, 5.41) is 20.0. The van der Waals surface area contributed by atoms with Crippen LogP contribution >= 0.6 is 0 Å². The second-order valence-electron chi connectivity index (χ2n) is 2.17. The van der Waals surface area contributed by atoms with Gasteiger partial charge in [-0.3, -0.25) is 0 Å². The van der Waals surface area contributed by atoms with Crippen LogP contribution in [0.3, 0.4) is 0 Å². The lowest BCUT2D eigenvalue weighted by molar-refractivity contribution is 0.200. The molecular weight excluding hydrogens is 166 g/mol. The Labute approximate surface area is 67.8 Å². The van der Waals surface area contributed by atoms with Gasteiger partial charge in [-0.15, -0.1) is 0 Å². The van der Waals surface area contributed by atoms with Gasteiger partial charge in [-0.1, -0.05) is 15.6 Å². The summed E-state index contributed by atoms with van der Waals surface area (Å²) in [5.41, 5.74) is -1.38. The first-order valence-electron chi connectivity index (χ1n) is 3.06. The zero-order valence-electron chi connectivity index (χ0n) is 6.25. The standard InChI is InChI=1S/C4H9N5O3/c5-9-8-4(3-10,1-6-11)2-7-12/h10H,1-3H2,(H2,5,8). The zero-order valence-corrected chi connectivity index (χ0v) is 6.25. The molecule has 0 heterocycles. The van der Waals surface area contributed by atoms with Crippen molar-refractivity contribution in [1.29, 1.82) is 0 Å². The number of aliphatic hydroxyl groups is 1. The molecule has 0 aliphatic carbocycles. The monoisotopic (exact) mass is 175 g/mol. The van der Waals surface area contributed by atoms with Gasteiger partial charge in [-0.25, -0.2) is 0 Å². The van der Waals surface area contributed by atoms with Crippen molar-refractivity contribution in [2.24, 2.45) is 26.5 Å². The molecule has 3 N–H and O–H groups in total. The number of aliphatic hydroxyl groups excluding tert-OH is 1. The summed E-state index contributed by atoms with van der Waals surface area (Å²) in [6, 6.07) is 0. The number of nitrogens with two attached hydrogens (primary N) is 1. The van der Waals surface area contributed by atoms with Crippen molar-refractivity contribution in [2.45, 2.75) is 5.54 Å². The molecule has 0 saturated heterocycles. The summed E-state index contributed by atoms with van der Waals surface area (Å²) < 4.78 is 0. The molecule has 12 heavy (non-hydrogen) atoms. The minimum Gasteiger partial charge on any atom is -0.394 e. The number of nitroso groups, excluding NO2 is 2. The van der Waals surface area contributed by atoms with E-state index >= 15 is 0 Å². The fourth-order valence-electron chi connectivity index (χ4n) is 0.608. The van der Waals surface area contributed by atoms with E-state index in [0.29, 0.717) is 0 Å². The highest BCUT2D eigenvalue weighted by Gasteiger charge is 2.31. The third-order valence-corrected chi connectivity index (χ3v) is 1.28. The van der Waals surface area contributed by atoms with Crippen molar-refractivity contribution < 1.29 is 5.11 Å². The highest BCUT2D eigenvalue weighted by molar-refractivity contribution is 4.90. The molecule has 0 saturated carbocycles. The number of hydrogen-bond donors (Lipinski definition) is 2. The van der Waals surface area contributed by atoms with E-state index in [0.717, 1.165) is 0 Å². The highest BCUT2D eigenvalue weighted by Crippen LogP contribution is 2.11. The Kier molecular flexibility index (Phi) is 4.61. The molecule has 0 bridgehead atoms. The van der Waals surface area contributed by atoms with Gasteiger partial charge in [0.05, 0.1) is 6.61 Å². The van der Waals surface area contributed by atoms with Gasteiger partial charge in [0, 0.05) is 0 Å². The molecule has 8 heteroatoms. The van der Waals surface area contributed by atoms with Crippen molar-refractivity contribution in [1.82, 2.24) is 0 Å². The van der Waals surface area contributed by atoms with Gasteiger partial charge in [0.2, 0.25) is 0 Å². The largest absolute Gasteiger partial charge is 0.394 e. The molecule has 0 aromatic heterocycles. The van der Waals surface area contributed by atoms with Crippen LogP contribution in [0.2, 0.25) is 0 Å². The Balaban J connectivity index is 4.47. The summed E-state index contributed by atoms with van der Waals surface area (Å²) in [6.07, 6.45) is 0. The normalized spacial score (nSPS) is 11.8. The van der Waals surface area contributed by atoms with E-state index in [2.05, 4.69) is 20.7 Å². The lowest BCUT2D eigenvalue weighted by Crippen LogP contribution is -2.38. The van der Waals surface area contributed by atoms with Gasteiger partial charge in [0.1, 0.15) is 13.1 Å². The molecule has 0 rings (SSSR count). The summed E-state index contributed by atoms with van der Waals surface area (Å²) in [4.78, 5) is 19.8. The number of nitrogens with zero attached hydrogens (tertiary/aromatic N) is 4. The van der Waals surface area contributed by atoms with Crippen LogP contribution in [0, 0.1) is 9.81 Å². The van der Waals surface area contributed by atoms with Crippen LogP contribution in [0.4, 0.5) is 0 Å². The first kappa shape index (κ1) is 10.6. The van der Waals surface area contributed by atoms with Crippen LogP contribution < -0.4 is 5.84 Å². The van der Waals surface area contributed by atoms with Crippen molar-refractivity contribution >= 4 is 0 Å². The third kappa shape index (κ3) is 2.66. The van der Waals surface area contributed by atoms with E-state index in [1.165, 1.54) is 0 Å². The summed E-state index contributed by atoms with van der Waals surface area (Å²) >= 11 is 0. The van der Waals surface area contributed by atoms with E-state index in [1.54, 1.807) is 0 Å². The van der Waals surface area contributed by atoms with E-state index < -0.39 is 12.1 Å². The Hall–Kier alpha value is -1.44. The average molecular weight is 175 g/mol. The number of hydrogen-bond acceptors (Lipinski definition) is 7. The van der Waals surface area contributed by atoms with E-state index in [4.69, 9.17) is 10.9 Å². The minimum absolute atomic E-state index is 0.379. The summed E-state index contributed by atoms with van der Waals surface area (Å²) in [6.45, 7) is -1.31. The van der Waals surface area contributed by atoms with Gasteiger partial charge < -0.3 is 10.9 Å². The molecule has 0 aromatic carbocycles. The zero-order chi connectivity index (χ0) is 9.45. The van der Waals surface area contributed by atoms with Crippen LogP contribution in [0.15, 0.2) is 20.7 Å². The van der Waals surface area contributed by atoms with Crippen LogP contribution in [0.1, 0.15) is 0 Å². The Morgan fingerprint density at radius 3 is 2.00 bits per heavy atom. The Bertz CT molecular complexity index is 172. The van der Waals surface area contributed by atoms with Crippen LogP contribution in [0.25, 0.3) is 0 Å². The quantitative estimate of drug-likeness (QED) is 0.245. The molecule has 0 aromatic rings. The fourth-order valence-corrected chi connectivity index (χ4v) is 0.608. The maximum absolute atomic E-state index is 9.88. The molecule has 0 radical (unpaired) electrons. The van der Waals surface area contributed by atoms with Crippen molar-refractivity contribution in [3.8, 4) is 0 Å². The van der Waals surface area contributed by atoms with Crippen LogP contribution in [-0.4, -0.2) is 30.3 Å². The lowest BCUT2D eigenvalue weighted by atomic mass is 10.0. The molecule has 0 aliphatic rings. The SMILES string of the molecule is NN=NC(CO)(CN=O)CN=O. The first-order chi connectivity index (χ1) is 5.74. The van der Waals surface area contributed by atoms with E-state index in [9.17, 15) is 9.81 Å². The van der Waals surface area contributed by atoms with E-state index in [-0.39, 0.29) is 13.1 Å². The third-order valence-electron chi connectivity index (χ3n) is 1.28. The minimum atomic E-state index is -1.38. The predicted octanol–water partition coefficient (Wildman–Crippen LogP) is -0.424. The molecule has 0 spiro atoms. The molecule has 68 valence electrons. The second kappa shape index (κ2) is 5.24. The number of rotatable bonds is 6. The lowest BCUT2D eigenvalue weighted by Gasteiger charge is -2.17. The van der Waals surface area contributed by atoms with Gasteiger partial charge in [-0.05, 0) is 0 Å². The molecular formula is C4H9N5O3. The summed E-state index contributed by atoms with van der Waals surface area (Å²) in [7, 11) is 0. The van der Waals surface area contributed by atoms with Gasteiger partial charge in [-0.2, -0.15) is 14.9 Å². The van der Waals surface area contributed by atoms with Crippen molar-refractivity contribution in [3.63, 3.8) is 0 Å². The van der Waals surface area contributed by atoms with E-state index in [1.807, 2.05) is 0 Å². The van der Waals surface area contributed by atoms with Crippen LogP contribution in [0.5, 0.6) is 0 Å². The molecule has 0 atom stereocenters. The van der Waals surface area contributed by atoms with Crippen molar-refractivity contribution in [3.05, 3.63) is 9.81 Å². The molecule has 8 nitrogen and oxygen atoms in total. The topological polar surface area (TPSA) is 130 Å². The second-order valence-corrected chi connectivity index (χ2v) is 2.17. The molecule has 0 fully saturated rings. The molecule has 0 unspecified atom stereocenters. The smallest absolute Gasteiger partial charge is 0.152 e. The summed E-state index contributed by atoms with van der Waals surface area (Å²) in [5.74, 6) is 4.71. The highest BCUT2D eigenvalue weighted by atomic mass is 16.3. The fraction of sp³-hybridized carbons (Fsp3) is 1.00. The van der Waals surface area contributed by atoms with Gasteiger partial charge in [0.15, 0.2) is 5.54 Å². The van der Waals surface area contributed by atoms with Crippen molar-refractivity contribution in [2.75, 3.05) is 19.7 Å². The predicted molar refractivity (Wildman–Crippen MR) is 40.2 cm³/mol. The Morgan fingerprint density at radius 2 is 1.75 bits per heavy atom. The first-order valence-corrected chi connectivity index (χ1v) is 3.06. The van der Waals surface area contributed by atoms with Gasteiger partial charge >= 0.3 is 0 Å². The molecule has 0 aliphatic heterocycles. The average Bonchev–Trinajstić information content (AvgIpc) is 2.06.